The van der Waals surface area contributed by atoms with Crippen molar-refractivity contribution in [3.63, 3.8) is 0 Å². The molecule has 1 heterocycles. The van der Waals surface area contributed by atoms with Gasteiger partial charge in [0.2, 0.25) is 11.6 Å². The minimum absolute atomic E-state index is 0.0811. The van der Waals surface area contributed by atoms with Crippen LogP contribution in [-0.4, -0.2) is 21.6 Å². The van der Waals surface area contributed by atoms with Crippen LogP contribution in [0.15, 0.2) is 39.5 Å². The fourth-order valence-electron chi connectivity index (χ4n) is 3.20. The fourth-order valence-corrected chi connectivity index (χ4v) is 3.20. The van der Waals surface area contributed by atoms with Crippen molar-refractivity contribution in [3.05, 3.63) is 78.7 Å². The molecule has 0 radical (unpaired) electrons. The molecule has 3 aromatic rings. The number of hydrogen-bond donors (Lipinski definition) is 1. The number of fused-ring (bicyclic) bond motifs is 4. The maximum absolute atomic E-state index is 13.0. The number of aryl methyl sites for hydroxylation is 1. The molecule has 0 saturated heterocycles. The molecule has 8 nitrogen and oxygen atoms in total. The Morgan fingerprint density at radius 2 is 1.73 bits per heavy atom. The Labute approximate surface area is 144 Å². The van der Waals surface area contributed by atoms with Crippen LogP contribution in [0, 0.1) is 17.0 Å². The monoisotopic (exact) mass is 351 g/mol. The Bertz CT molecular complexity index is 1240. The highest BCUT2D eigenvalue weighted by molar-refractivity contribution is 6.33. The van der Waals surface area contributed by atoms with E-state index in [1.54, 1.807) is 0 Å². The summed E-state index contributed by atoms with van der Waals surface area (Å²) in [5.74, 6) is -1.91. The van der Waals surface area contributed by atoms with Crippen molar-refractivity contribution in [2.45, 2.75) is 6.92 Å². The van der Waals surface area contributed by atoms with Crippen LogP contribution in [0.25, 0.3) is 11.0 Å². The maximum atomic E-state index is 13.0. The first-order valence-corrected chi connectivity index (χ1v) is 7.48. The zero-order valence-corrected chi connectivity index (χ0v) is 13.2. The molecule has 0 amide bonds. The zero-order chi connectivity index (χ0) is 18.7. The number of benzene rings is 2. The Balaban J connectivity index is 2.17. The molecular weight excluding hydrogens is 342 g/mol. The third-order valence-electron chi connectivity index (χ3n) is 4.30. The summed E-state index contributed by atoms with van der Waals surface area (Å²) in [5, 5.41) is 21.4. The summed E-state index contributed by atoms with van der Waals surface area (Å²) in [6, 6.07) is 5.81. The molecule has 1 aliphatic rings. The third-order valence-corrected chi connectivity index (χ3v) is 4.30. The lowest BCUT2D eigenvalue weighted by Crippen LogP contribution is -2.23. The smallest absolute Gasteiger partial charge is 0.281 e. The van der Waals surface area contributed by atoms with Gasteiger partial charge in [-0.05, 0) is 25.1 Å². The number of ketones is 2. The van der Waals surface area contributed by atoms with Crippen LogP contribution in [0.1, 0.15) is 37.6 Å². The van der Waals surface area contributed by atoms with Gasteiger partial charge in [0.25, 0.3) is 5.69 Å². The van der Waals surface area contributed by atoms with Crippen LogP contribution in [0.3, 0.4) is 0 Å². The molecule has 26 heavy (non-hydrogen) atoms. The summed E-state index contributed by atoms with van der Waals surface area (Å²) in [4.78, 5) is 48.4. The van der Waals surface area contributed by atoms with Crippen molar-refractivity contribution in [1.29, 1.82) is 0 Å². The number of carbonyl (C=O) groups excluding carboxylic acids is 2. The van der Waals surface area contributed by atoms with E-state index in [0.29, 0.717) is 0 Å². The van der Waals surface area contributed by atoms with Gasteiger partial charge < -0.3 is 9.52 Å². The Kier molecular flexibility index (Phi) is 3.07. The second kappa shape index (κ2) is 5.09. The minimum Gasteiger partial charge on any atom is -0.507 e. The van der Waals surface area contributed by atoms with Gasteiger partial charge >= 0.3 is 0 Å². The molecule has 8 heteroatoms. The molecule has 1 N–H and O–H groups in total. The molecule has 0 aliphatic heterocycles. The Morgan fingerprint density at radius 1 is 1.00 bits per heavy atom. The number of hydrogen-bond acceptors (Lipinski definition) is 7. The quantitative estimate of drug-likeness (QED) is 0.412. The summed E-state index contributed by atoms with van der Waals surface area (Å²) in [6.45, 7) is 1.52. The molecule has 0 spiro atoms. The van der Waals surface area contributed by atoms with Gasteiger partial charge in [0, 0.05) is 17.7 Å². The third kappa shape index (κ3) is 1.92. The number of rotatable bonds is 1. The molecule has 128 valence electrons. The maximum Gasteiger partial charge on any atom is 0.281 e. The van der Waals surface area contributed by atoms with Gasteiger partial charge in [0.05, 0.1) is 21.4 Å². The first-order chi connectivity index (χ1) is 12.3. The molecule has 1 aliphatic carbocycles. The molecular formula is C18H9NO7. The number of phenols is 1. The highest BCUT2D eigenvalue weighted by atomic mass is 16.6. The summed E-state index contributed by atoms with van der Waals surface area (Å²) >= 11 is 0. The molecule has 0 atom stereocenters. The van der Waals surface area contributed by atoms with Crippen molar-refractivity contribution >= 4 is 28.2 Å². The molecule has 0 unspecified atom stereocenters. The highest BCUT2D eigenvalue weighted by Crippen LogP contribution is 2.39. The van der Waals surface area contributed by atoms with Crippen molar-refractivity contribution in [1.82, 2.24) is 0 Å². The van der Waals surface area contributed by atoms with E-state index in [0.717, 1.165) is 12.1 Å². The van der Waals surface area contributed by atoms with E-state index in [-0.39, 0.29) is 33.3 Å². The van der Waals surface area contributed by atoms with Crippen LogP contribution >= 0.6 is 0 Å². The van der Waals surface area contributed by atoms with E-state index in [9.17, 15) is 29.6 Å². The van der Waals surface area contributed by atoms with Crippen LogP contribution < -0.4 is 5.43 Å². The summed E-state index contributed by atoms with van der Waals surface area (Å²) < 4.78 is 5.50. The molecule has 0 fully saturated rings. The van der Waals surface area contributed by atoms with Crippen molar-refractivity contribution in [2.75, 3.05) is 0 Å². The average molecular weight is 351 g/mol. The van der Waals surface area contributed by atoms with Crippen molar-refractivity contribution < 1.29 is 24.0 Å². The molecule has 0 saturated carbocycles. The first-order valence-electron chi connectivity index (χ1n) is 7.48. The van der Waals surface area contributed by atoms with Crippen LogP contribution in [-0.2, 0) is 0 Å². The lowest BCUT2D eigenvalue weighted by atomic mass is 9.82. The van der Waals surface area contributed by atoms with Gasteiger partial charge in [-0.3, -0.25) is 24.5 Å². The van der Waals surface area contributed by atoms with Crippen LogP contribution in [0.2, 0.25) is 0 Å². The molecule has 4 rings (SSSR count). The molecule has 0 bridgehead atoms. The van der Waals surface area contributed by atoms with Gasteiger partial charge in [-0.15, -0.1) is 0 Å². The number of nitrogens with zero attached hydrogens (tertiary/aromatic N) is 1. The van der Waals surface area contributed by atoms with E-state index >= 15 is 0 Å². The van der Waals surface area contributed by atoms with Crippen molar-refractivity contribution in [2.24, 2.45) is 0 Å². The largest absolute Gasteiger partial charge is 0.507 e. The topological polar surface area (TPSA) is 128 Å². The lowest BCUT2D eigenvalue weighted by molar-refractivity contribution is -0.385. The zero-order valence-electron chi connectivity index (χ0n) is 13.2. The van der Waals surface area contributed by atoms with Gasteiger partial charge in [0.1, 0.15) is 22.7 Å². The van der Waals surface area contributed by atoms with Crippen molar-refractivity contribution in [3.8, 4) is 5.75 Å². The number of nitro groups is 1. The summed E-state index contributed by atoms with van der Waals surface area (Å²) in [6.07, 6.45) is 0. The fraction of sp³-hybridized carbons (Fsp3) is 0.0556. The average Bonchev–Trinajstić information content (AvgIpc) is 2.58. The van der Waals surface area contributed by atoms with Gasteiger partial charge in [-0.25, -0.2) is 0 Å². The summed E-state index contributed by atoms with van der Waals surface area (Å²) in [7, 11) is 0. The normalized spacial score (nSPS) is 12.8. The predicted octanol–water partition coefficient (Wildman–Crippen LogP) is 2.49. The summed E-state index contributed by atoms with van der Waals surface area (Å²) in [5.41, 5.74) is -2.28. The number of nitro benzene ring substituents is 1. The standard InChI is InChI=1S/C18H9NO7/c1-7-6-12(21)8-2-3-9-13(18(8)26-7)17(23)15-11(20)5-4-10(19(24)25)14(15)16(9)22/h2-6,20H,1H3. The Hall–Kier alpha value is -3.81. The van der Waals surface area contributed by atoms with E-state index in [1.807, 2.05) is 0 Å². The second-order valence-electron chi connectivity index (χ2n) is 5.86. The van der Waals surface area contributed by atoms with E-state index in [1.165, 1.54) is 25.1 Å². The highest BCUT2D eigenvalue weighted by Gasteiger charge is 2.39. The van der Waals surface area contributed by atoms with E-state index in [2.05, 4.69) is 0 Å². The second-order valence-corrected chi connectivity index (χ2v) is 5.86. The van der Waals surface area contributed by atoms with Gasteiger partial charge in [0.15, 0.2) is 5.43 Å². The van der Waals surface area contributed by atoms with E-state index in [4.69, 9.17) is 4.42 Å². The Morgan fingerprint density at radius 3 is 2.42 bits per heavy atom. The first kappa shape index (κ1) is 15.7. The minimum atomic E-state index is -0.810. The number of aromatic hydroxyl groups is 1. The number of phenolic OH excluding ortho intramolecular Hbond substituents is 1. The molecule has 2 aromatic carbocycles. The van der Waals surface area contributed by atoms with Gasteiger partial charge in [-0.2, -0.15) is 0 Å². The SMILES string of the molecule is Cc1cc(=O)c2ccc3c(c2o1)C(=O)c1c(O)ccc([N+](=O)[O-])c1C3=O. The van der Waals surface area contributed by atoms with Gasteiger partial charge in [-0.1, -0.05) is 0 Å². The number of carbonyl (C=O) groups is 2. The van der Waals surface area contributed by atoms with Crippen LogP contribution in [0.5, 0.6) is 5.75 Å². The lowest BCUT2D eigenvalue weighted by Gasteiger charge is -2.19. The molecule has 1 aromatic heterocycles. The van der Waals surface area contributed by atoms with Crippen LogP contribution in [0.4, 0.5) is 5.69 Å². The predicted molar refractivity (Wildman–Crippen MR) is 88.8 cm³/mol. The van der Waals surface area contributed by atoms with E-state index < -0.39 is 39.1 Å².